The topological polar surface area (TPSA) is 30.3 Å². The van der Waals surface area contributed by atoms with Gasteiger partial charge < -0.3 is 9.80 Å². The molecule has 22 heavy (non-hydrogen) atoms. The van der Waals surface area contributed by atoms with Crippen LogP contribution in [0.15, 0.2) is 30.3 Å². The second kappa shape index (κ2) is 6.81. The Morgan fingerprint density at radius 1 is 1.18 bits per heavy atom. The van der Waals surface area contributed by atoms with Crippen molar-refractivity contribution in [2.75, 3.05) is 39.8 Å². The van der Waals surface area contributed by atoms with Crippen molar-refractivity contribution in [3.63, 3.8) is 0 Å². The molecule has 0 spiro atoms. The number of rotatable bonds is 3. The van der Waals surface area contributed by atoms with Crippen molar-refractivity contribution in [3.05, 3.63) is 35.9 Å². The molecule has 1 unspecified atom stereocenters. The summed E-state index contributed by atoms with van der Waals surface area (Å²) in [6.45, 7) is 5.81. The standard InChI is InChI=1S/C19H27N3/c1-21-11-5-6-17(14-21)15-22-12-9-19(16-20,10-13-22)18-7-3-2-4-8-18/h2-4,7-8,17H,5-6,9-15H2,1H3. The van der Waals surface area contributed by atoms with Crippen molar-refractivity contribution in [2.24, 2.45) is 5.92 Å². The minimum absolute atomic E-state index is 0.263. The van der Waals surface area contributed by atoms with E-state index in [4.69, 9.17) is 0 Å². The number of nitriles is 1. The van der Waals surface area contributed by atoms with Crippen LogP contribution in [0.1, 0.15) is 31.2 Å². The largest absolute Gasteiger partial charge is 0.306 e. The lowest BCUT2D eigenvalue weighted by atomic mass is 9.74. The predicted octanol–water partition coefficient (Wildman–Crippen LogP) is 2.89. The van der Waals surface area contributed by atoms with E-state index in [2.05, 4.69) is 47.2 Å². The van der Waals surface area contributed by atoms with Gasteiger partial charge in [0.1, 0.15) is 0 Å². The van der Waals surface area contributed by atoms with Gasteiger partial charge in [0.05, 0.1) is 11.5 Å². The number of hydrogen-bond acceptors (Lipinski definition) is 3. The van der Waals surface area contributed by atoms with Crippen LogP contribution in [-0.2, 0) is 5.41 Å². The van der Waals surface area contributed by atoms with Crippen molar-refractivity contribution >= 4 is 0 Å². The van der Waals surface area contributed by atoms with Gasteiger partial charge in [-0.05, 0) is 63.8 Å². The number of piperidine rings is 2. The zero-order valence-electron chi connectivity index (χ0n) is 13.7. The van der Waals surface area contributed by atoms with E-state index in [1.807, 2.05) is 6.07 Å². The highest BCUT2D eigenvalue weighted by molar-refractivity contribution is 5.33. The summed E-state index contributed by atoms with van der Waals surface area (Å²) >= 11 is 0. The van der Waals surface area contributed by atoms with E-state index in [1.165, 1.54) is 38.0 Å². The minimum atomic E-state index is -0.263. The molecular formula is C19H27N3. The molecule has 0 bridgehead atoms. The fourth-order valence-corrected chi connectivity index (χ4v) is 4.13. The first kappa shape index (κ1) is 15.5. The molecule has 3 heteroatoms. The number of benzene rings is 1. The summed E-state index contributed by atoms with van der Waals surface area (Å²) in [6, 6.07) is 13.0. The van der Waals surface area contributed by atoms with Gasteiger partial charge in [0.2, 0.25) is 0 Å². The Balaban J connectivity index is 1.58. The molecule has 1 atom stereocenters. The summed E-state index contributed by atoms with van der Waals surface area (Å²) < 4.78 is 0. The van der Waals surface area contributed by atoms with E-state index in [0.717, 1.165) is 31.8 Å². The molecule has 1 aromatic carbocycles. The van der Waals surface area contributed by atoms with E-state index < -0.39 is 0 Å². The van der Waals surface area contributed by atoms with Gasteiger partial charge in [-0.1, -0.05) is 30.3 Å². The van der Waals surface area contributed by atoms with Crippen molar-refractivity contribution in [1.29, 1.82) is 5.26 Å². The Kier molecular flexibility index (Phi) is 4.81. The fraction of sp³-hybridized carbons (Fsp3) is 0.632. The molecule has 0 N–H and O–H groups in total. The molecule has 0 saturated carbocycles. The smallest absolute Gasteiger partial charge is 0.0846 e. The lowest BCUT2D eigenvalue weighted by molar-refractivity contribution is 0.122. The van der Waals surface area contributed by atoms with Crippen LogP contribution in [0, 0.1) is 17.2 Å². The Morgan fingerprint density at radius 3 is 2.55 bits per heavy atom. The normalized spacial score (nSPS) is 26.5. The van der Waals surface area contributed by atoms with Crippen LogP contribution >= 0.6 is 0 Å². The predicted molar refractivity (Wildman–Crippen MR) is 89.6 cm³/mol. The van der Waals surface area contributed by atoms with Crippen LogP contribution < -0.4 is 0 Å². The summed E-state index contributed by atoms with van der Waals surface area (Å²) in [4.78, 5) is 5.05. The molecule has 2 heterocycles. The molecule has 2 aliphatic rings. The Labute approximate surface area is 134 Å². The van der Waals surface area contributed by atoms with Crippen molar-refractivity contribution in [3.8, 4) is 6.07 Å². The lowest BCUT2D eigenvalue weighted by Gasteiger charge is -2.40. The van der Waals surface area contributed by atoms with Crippen LogP contribution in [-0.4, -0.2) is 49.6 Å². The third kappa shape index (κ3) is 3.34. The highest BCUT2D eigenvalue weighted by Gasteiger charge is 2.36. The number of nitrogens with zero attached hydrogens (tertiary/aromatic N) is 3. The van der Waals surface area contributed by atoms with Crippen molar-refractivity contribution in [2.45, 2.75) is 31.1 Å². The minimum Gasteiger partial charge on any atom is -0.306 e. The maximum atomic E-state index is 9.76. The van der Waals surface area contributed by atoms with Crippen LogP contribution in [0.2, 0.25) is 0 Å². The van der Waals surface area contributed by atoms with Crippen LogP contribution in [0.5, 0.6) is 0 Å². The molecule has 2 fully saturated rings. The van der Waals surface area contributed by atoms with Gasteiger partial charge in [-0.25, -0.2) is 0 Å². The van der Waals surface area contributed by atoms with Gasteiger partial charge in [0.25, 0.3) is 0 Å². The molecule has 0 aromatic heterocycles. The monoisotopic (exact) mass is 297 g/mol. The first-order valence-corrected chi connectivity index (χ1v) is 8.59. The highest BCUT2D eigenvalue weighted by atomic mass is 15.2. The van der Waals surface area contributed by atoms with Crippen LogP contribution in [0.4, 0.5) is 0 Å². The number of likely N-dealkylation sites (tertiary alicyclic amines) is 2. The van der Waals surface area contributed by atoms with E-state index in [-0.39, 0.29) is 5.41 Å². The SMILES string of the molecule is CN1CCCC(CN2CCC(C#N)(c3ccccc3)CC2)C1. The summed E-state index contributed by atoms with van der Waals surface area (Å²) in [6.07, 6.45) is 4.64. The zero-order valence-corrected chi connectivity index (χ0v) is 13.7. The summed E-state index contributed by atoms with van der Waals surface area (Å²) in [5.74, 6) is 0.810. The van der Waals surface area contributed by atoms with Gasteiger partial charge in [-0.2, -0.15) is 5.26 Å². The number of hydrogen-bond donors (Lipinski definition) is 0. The van der Waals surface area contributed by atoms with Crippen molar-refractivity contribution < 1.29 is 0 Å². The third-order valence-electron chi connectivity index (χ3n) is 5.49. The molecule has 3 rings (SSSR count). The summed E-state index contributed by atoms with van der Waals surface area (Å²) in [7, 11) is 2.23. The van der Waals surface area contributed by atoms with Gasteiger partial charge in [0.15, 0.2) is 0 Å². The molecule has 0 amide bonds. The molecule has 118 valence electrons. The second-order valence-electron chi connectivity index (χ2n) is 7.13. The zero-order chi connectivity index (χ0) is 15.4. The highest BCUT2D eigenvalue weighted by Crippen LogP contribution is 2.35. The molecule has 2 saturated heterocycles. The molecule has 1 aromatic rings. The van der Waals surface area contributed by atoms with Crippen LogP contribution in [0.25, 0.3) is 0 Å². The van der Waals surface area contributed by atoms with Gasteiger partial charge in [-0.3, -0.25) is 0 Å². The van der Waals surface area contributed by atoms with E-state index >= 15 is 0 Å². The average molecular weight is 297 g/mol. The van der Waals surface area contributed by atoms with Crippen molar-refractivity contribution in [1.82, 2.24) is 9.80 Å². The Hall–Kier alpha value is -1.37. The molecule has 0 radical (unpaired) electrons. The quantitative estimate of drug-likeness (QED) is 0.859. The van der Waals surface area contributed by atoms with Gasteiger partial charge >= 0.3 is 0 Å². The second-order valence-corrected chi connectivity index (χ2v) is 7.13. The summed E-state index contributed by atoms with van der Waals surface area (Å²) in [5.41, 5.74) is 0.941. The third-order valence-corrected chi connectivity index (χ3v) is 5.49. The van der Waals surface area contributed by atoms with E-state index in [9.17, 15) is 5.26 Å². The molecule has 2 aliphatic heterocycles. The maximum absolute atomic E-state index is 9.76. The van der Waals surface area contributed by atoms with E-state index in [1.54, 1.807) is 0 Å². The fourth-order valence-electron chi connectivity index (χ4n) is 4.13. The first-order valence-electron chi connectivity index (χ1n) is 8.59. The average Bonchev–Trinajstić information content (AvgIpc) is 2.57. The summed E-state index contributed by atoms with van der Waals surface area (Å²) in [5, 5.41) is 9.76. The lowest BCUT2D eigenvalue weighted by Crippen LogP contribution is -2.46. The van der Waals surface area contributed by atoms with Gasteiger partial charge in [0, 0.05) is 13.1 Å². The van der Waals surface area contributed by atoms with Crippen LogP contribution in [0.3, 0.4) is 0 Å². The molecule has 3 nitrogen and oxygen atoms in total. The van der Waals surface area contributed by atoms with E-state index in [0.29, 0.717) is 0 Å². The maximum Gasteiger partial charge on any atom is 0.0846 e. The Morgan fingerprint density at radius 2 is 1.91 bits per heavy atom. The molecular weight excluding hydrogens is 270 g/mol. The first-order chi connectivity index (χ1) is 10.7. The van der Waals surface area contributed by atoms with Gasteiger partial charge in [-0.15, -0.1) is 0 Å². The molecule has 0 aliphatic carbocycles. The Bertz CT molecular complexity index is 511.